The van der Waals surface area contributed by atoms with Gasteiger partial charge < -0.3 is 9.84 Å². The van der Waals surface area contributed by atoms with E-state index in [-0.39, 0.29) is 5.02 Å². The zero-order valence-electron chi connectivity index (χ0n) is 10.2. The van der Waals surface area contributed by atoms with Crippen LogP contribution in [0.2, 0.25) is 10.0 Å². The summed E-state index contributed by atoms with van der Waals surface area (Å²) < 4.78 is 5.25. The molecule has 2 aromatic carbocycles. The Hall–Kier alpha value is -1.55. The molecule has 0 unspecified atom stereocenters. The monoisotopic (exact) mass is 308 g/mol. The lowest BCUT2D eigenvalue weighted by Gasteiger charge is -2.19. The zero-order chi connectivity index (χ0) is 14.3. The number of rotatable bonds is 2. The molecule has 102 valence electrons. The molecule has 3 rings (SSSR count). The van der Waals surface area contributed by atoms with Crippen LogP contribution in [0, 0.1) is 0 Å². The van der Waals surface area contributed by atoms with Gasteiger partial charge in [0.25, 0.3) is 0 Å². The lowest BCUT2D eigenvalue weighted by molar-refractivity contribution is -0.0102. The Balaban J connectivity index is 2.02. The van der Waals surface area contributed by atoms with Gasteiger partial charge in [0.1, 0.15) is 6.10 Å². The number of hydrogen-bond donors (Lipinski definition) is 1. The fourth-order valence-electron chi connectivity index (χ4n) is 2.32. The second-order valence-electron chi connectivity index (χ2n) is 4.50. The van der Waals surface area contributed by atoms with Gasteiger partial charge >= 0.3 is 5.97 Å². The van der Waals surface area contributed by atoms with Gasteiger partial charge in [-0.25, -0.2) is 4.79 Å². The molecule has 0 bridgehead atoms. The molecular weight excluding hydrogens is 299 g/mol. The molecule has 1 aliphatic heterocycles. The Morgan fingerprint density at radius 1 is 1.10 bits per heavy atom. The van der Waals surface area contributed by atoms with E-state index in [2.05, 4.69) is 0 Å². The fourth-order valence-corrected chi connectivity index (χ4v) is 2.74. The molecular formula is C15H10Cl2O3. The summed E-state index contributed by atoms with van der Waals surface area (Å²) >= 11 is 12.0. The largest absolute Gasteiger partial charge is 0.451 e. The summed E-state index contributed by atoms with van der Waals surface area (Å²) in [7, 11) is 0. The molecule has 0 aliphatic carbocycles. The topological polar surface area (TPSA) is 46.5 Å². The van der Waals surface area contributed by atoms with E-state index in [0.717, 1.165) is 0 Å². The molecule has 5 heteroatoms. The molecule has 2 aromatic rings. The van der Waals surface area contributed by atoms with Gasteiger partial charge in [0.2, 0.25) is 0 Å². The van der Waals surface area contributed by atoms with Gasteiger partial charge in [-0.15, -0.1) is 0 Å². The number of benzene rings is 2. The maximum Gasteiger partial charge on any atom is 0.339 e. The van der Waals surface area contributed by atoms with Gasteiger partial charge in [0.05, 0.1) is 15.6 Å². The molecule has 0 amide bonds. The number of ether oxygens (including phenoxy) is 1. The van der Waals surface area contributed by atoms with Crippen LogP contribution in [0.1, 0.15) is 33.7 Å². The van der Waals surface area contributed by atoms with Gasteiger partial charge in [0, 0.05) is 11.1 Å². The van der Waals surface area contributed by atoms with Crippen molar-refractivity contribution in [2.75, 3.05) is 0 Å². The van der Waals surface area contributed by atoms with Crippen molar-refractivity contribution in [1.82, 2.24) is 0 Å². The maximum absolute atomic E-state index is 11.8. The summed E-state index contributed by atoms with van der Waals surface area (Å²) in [4.78, 5) is 11.8. The van der Waals surface area contributed by atoms with Gasteiger partial charge in [0.15, 0.2) is 6.10 Å². The summed E-state index contributed by atoms with van der Waals surface area (Å²) in [5.74, 6) is -0.442. The first-order chi connectivity index (χ1) is 9.59. The van der Waals surface area contributed by atoms with Crippen molar-refractivity contribution >= 4 is 29.2 Å². The Bertz CT molecular complexity index is 685. The van der Waals surface area contributed by atoms with Crippen LogP contribution in [0.15, 0.2) is 42.5 Å². The first kappa shape index (κ1) is 13.4. The third-order valence-corrected chi connectivity index (χ3v) is 4.14. The molecule has 20 heavy (non-hydrogen) atoms. The highest BCUT2D eigenvalue weighted by molar-refractivity contribution is 6.42. The van der Waals surface area contributed by atoms with E-state index >= 15 is 0 Å². The number of halogens is 2. The van der Waals surface area contributed by atoms with E-state index < -0.39 is 18.2 Å². The predicted octanol–water partition coefficient (Wildman–Crippen LogP) is 3.94. The smallest absolute Gasteiger partial charge is 0.339 e. The van der Waals surface area contributed by atoms with Crippen molar-refractivity contribution in [2.45, 2.75) is 12.2 Å². The number of aliphatic hydroxyl groups excluding tert-OH is 1. The van der Waals surface area contributed by atoms with Crippen molar-refractivity contribution in [1.29, 1.82) is 0 Å². The van der Waals surface area contributed by atoms with Crippen LogP contribution in [-0.2, 0) is 4.74 Å². The van der Waals surface area contributed by atoms with Crippen LogP contribution in [0.3, 0.4) is 0 Å². The van der Waals surface area contributed by atoms with E-state index in [1.54, 1.807) is 42.5 Å². The van der Waals surface area contributed by atoms with E-state index in [9.17, 15) is 9.90 Å². The van der Waals surface area contributed by atoms with Crippen LogP contribution in [-0.4, -0.2) is 11.1 Å². The minimum absolute atomic E-state index is 0.266. The van der Waals surface area contributed by atoms with Crippen molar-refractivity contribution in [3.05, 3.63) is 69.2 Å². The zero-order valence-corrected chi connectivity index (χ0v) is 11.7. The normalized spacial score (nSPS) is 18.6. The first-order valence-electron chi connectivity index (χ1n) is 6.01. The average Bonchev–Trinajstić information content (AvgIpc) is 2.79. The molecule has 1 heterocycles. The standard InChI is InChI=1S/C15H10Cl2O3/c16-11-7-3-6-10(12(11)17)13(18)14-8-4-1-2-5-9(8)15(19)20-14/h1-7,13-14,18H/t13-,14-/m0/s1. The lowest BCUT2D eigenvalue weighted by atomic mass is 9.97. The highest BCUT2D eigenvalue weighted by atomic mass is 35.5. The molecule has 1 N–H and O–H groups in total. The number of carbonyl (C=O) groups is 1. The van der Waals surface area contributed by atoms with Gasteiger partial charge in [-0.3, -0.25) is 0 Å². The van der Waals surface area contributed by atoms with E-state index in [4.69, 9.17) is 27.9 Å². The van der Waals surface area contributed by atoms with Crippen LogP contribution in [0.4, 0.5) is 0 Å². The van der Waals surface area contributed by atoms with Crippen molar-refractivity contribution in [3.8, 4) is 0 Å². The number of cyclic esters (lactones) is 1. The number of aliphatic hydroxyl groups is 1. The molecule has 0 spiro atoms. The Kier molecular flexibility index (Phi) is 3.42. The number of fused-ring (bicyclic) bond motifs is 1. The molecule has 2 atom stereocenters. The first-order valence-corrected chi connectivity index (χ1v) is 6.77. The van der Waals surface area contributed by atoms with Crippen molar-refractivity contribution < 1.29 is 14.6 Å². The minimum atomic E-state index is -1.06. The predicted molar refractivity (Wildman–Crippen MR) is 76.0 cm³/mol. The van der Waals surface area contributed by atoms with Gasteiger partial charge in [-0.2, -0.15) is 0 Å². The van der Waals surface area contributed by atoms with E-state index in [1.165, 1.54) is 0 Å². The van der Waals surface area contributed by atoms with Crippen LogP contribution < -0.4 is 0 Å². The van der Waals surface area contributed by atoms with E-state index in [1.807, 2.05) is 0 Å². The van der Waals surface area contributed by atoms with Crippen LogP contribution >= 0.6 is 23.2 Å². The summed E-state index contributed by atoms with van der Waals surface area (Å²) in [6, 6.07) is 12.0. The Morgan fingerprint density at radius 2 is 1.85 bits per heavy atom. The molecule has 1 aliphatic rings. The lowest BCUT2D eigenvalue weighted by Crippen LogP contribution is -2.11. The van der Waals surface area contributed by atoms with E-state index in [0.29, 0.717) is 21.7 Å². The van der Waals surface area contributed by atoms with Crippen molar-refractivity contribution in [3.63, 3.8) is 0 Å². The SMILES string of the molecule is O=C1O[C@H]([C@@H](O)c2cccc(Cl)c2Cl)c2ccccc21. The summed E-state index contributed by atoms with van der Waals surface area (Å²) in [5.41, 5.74) is 1.56. The summed E-state index contributed by atoms with van der Waals surface area (Å²) in [6.45, 7) is 0. The number of carbonyl (C=O) groups excluding carboxylic acids is 1. The third kappa shape index (κ3) is 2.08. The summed E-state index contributed by atoms with van der Waals surface area (Å²) in [5, 5.41) is 11.1. The Morgan fingerprint density at radius 3 is 2.65 bits per heavy atom. The minimum Gasteiger partial charge on any atom is -0.451 e. The maximum atomic E-state index is 11.8. The molecule has 3 nitrogen and oxygen atoms in total. The highest BCUT2D eigenvalue weighted by Crippen LogP contribution is 2.42. The highest BCUT2D eigenvalue weighted by Gasteiger charge is 2.37. The van der Waals surface area contributed by atoms with Gasteiger partial charge in [-0.1, -0.05) is 53.5 Å². The van der Waals surface area contributed by atoms with Crippen LogP contribution in [0.25, 0.3) is 0 Å². The number of hydrogen-bond acceptors (Lipinski definition) is 3. The second-order valence-corrected chi connectivity index (χ2v) is 5.29. The third-order valence-electron chi connectivity index (χ3n) is 3.31. The van der Waals surface area contributed by atoms with Gasteiger partial charge in [-0.05, 0) is 12.1 Å². The Labute approximate surface area is 125 Å². The molecule has 0 radical (unpaired) electrons. The fraction of sp³-hybridized carbons (Fsp3) is 0.133. The molecule has 0 saturated heterocycles. The average molecular weight is 309 g/mol. The molecule has 0 aromatic heterocycles. The molecule has 0 fully saturated rings. The van der Waals surface area contributed by atoms with Crippen molar-refractivity contribution in [2.24, 2.45) is 0 Å². The summed E-state index contributed by atoms with van der Waals surface area (Å²) in [6.07, 6.45) is -1.83. The quantitative estimate of drug-likeness (QED) is 0.855. The second kappa shape index (κ2) is 5.09. The molecule has 0 saturated carbocycles. The number of esters is 1. The van der Waals surface area contributed by atoms with Crippen LogP contribution in [0.5, 0.6) is 0 Å².